The van der Waals surface area contributed by atoms with Crippen molar-refractivity contribution in [1.82, 2.24) is 24.1 Å². The molecule has 0 aliphatic heterocycles. The monoisotopic (exact) mass is 965 g/mol. The highest BCUT2D eigenvalue weighted by molar-refractivity contribution is 7.26. The number of aromatic hydroxyl groups is 8. The summed E-state index contributed by atoms with van der Waals surface area (Å²) in [4.78, 5) is 15.6. The fourth-order valence-corrected chi connectivity index (χ4v) is 11.3. The van der Waals surface area contributed by atoms with Crippen molar-refractivity contribution in [3.05, 3.63) is 158 Å². The second kappa shape index (κ2) is 15.5. The molecule has 0 amide bonds. The molecule has 8 N–H and O–H groups in total. The molecule has 14 nitrogen and oxygen atoms in total. The zero-order chi connectivity index (χ0) is 49.3. The maximum atomic E-state index is 11.7. The highest BCUT2D eigenvalue weighted by Gasteiger charge is 2.34. The molecule has 8 aromatic carbocycles. The molecule has 0 saturated heterocycles. The van der Waals surface area contributed by atoms with Crippen LogP contribution in [-0.2, 0) is 0 Å². The molecule has 0 aliphatic carbocycles. The first-order valence-corrected chi connectivity index (χ1v) is 23.3. The predicted octanol–water partition coefficient (Wildman–Crippen LogP) is 13.0. The van der Waals surface area contributed by atoms with E-state index in [9.17, 15) is 40.9 Å². The first kappa shape index (κ1) is 42.1. The number of thiophene rings is 1. The molecule has 0 atom stereocenters. The Labute approximate surface area is 409 Å². The lowest BCUT2D eigenvalue weighted by molar-refractivity contribution is 0.350. The van der Waals surface area contributed by atoms with Gasteiger partial charge in [0, 0.05) is 53.0 Å². The second-order valence-electron chi connectivity index (χ2n) is 17.1. The van der Waals surface area contributed by atoms with E-state index in [2.05, 4.69) is 6.58 Å². The number of phenols is 8. The topological polar surface area (TPSA) is 224 Å². The van der Waals surface area contributed by atoms with Crippen molar-refractivity contribution >= 4 is 92.2 Å². The van der Waals surface area contributed by atoms with Gasteiger partial charge in [-0.1, -0.05) is 116 Å². The maximum absolute atomic E-state index is 11.7. The molecule has 0 unspecified atom stereocenters. The summed E-state index contributed by atoms with van der Waals surface area (Å²) in [6.07, 6.45) is 4.99. The Morgan fingerprint density at radius 1 is 0.458 bits per heavy atom. The summed E-state index contributed by atoms with van der Waals surface area (Å²) in [5.74, 6) is -6.98. The molecule has 15 heteroatoms. The van der Waals surface area contributed by atoms with Gasteiger partial charge in [-0.15, -0.1) is 11.3 Å². The summed E-state index contributed by atoms with van der Waals surface area (Å²) in [5, 5.41) is 93.1. The van der Waals surface area contributed by atoms with Crippen LogP contribution in [0.15, 0.2) is 157 Å². The highest BCUT2D eigenvalue weighted by atomic mass is 32.1. The molecule has 72 heavy (non-hydrogen) atoms. The van der Waals surface area contributed by atoms with Crippen molar-refractivity contribution in [3.8, 4) is 91.5 Å². The number of benzene rings is 8. The van der Waals surface area contributed by atoms with E-state index in [1.54, 1.807) is 41.7 Å². The molecular weight excluding hydrogens is 931 g/mol. The van der Waals surface area contributed by atoms with Crippen molar-refractivity contribution in [2.75, 3.05) is 0 Å². The molecule has 0 aliphatic rings. The highest BCUT2D eigenvalue weighted by Crippen LogP contribution is 2.60. The first-order valence-electron chi connectivity index (χ1n) is 22.4. The van der Waals surface area contributed by atoms with Gasteiger partial charge in [0.25, 0.3) is 0 Å². The van der Waals surface area contributed by atoms with E-state index in [0.717, 1.165) is 47.7 Å². The van der Waals surface area contributed by atoms with Crippen molar-refractivity contribution < 1.29 is 45.3 Å². The number of nitrogens with zero attached hydrogens (tertiary/aromatic N) is 5. The van der Waals surface area contributed by atoms with Gasteiger partial charge >= 0.3 is 0 Å². The summed E-state index contributed by atoms with van der Waals surface area (Å²) in [5.41, 5.74) is 4.81. The molecular formula is C57H35N5O9S. The molecule has 0 radical (unpaired) electrons. The van der Waals surface area contributed by atoms with Gasteiger partial charge in [0.15, 0.2) is 40.5 Å². The lowest BCUT2D eigenvalue weighted by Gasteiger charge is -2.15. The van der Waals surface area contributed by atoms with Crippen LogP contribution in [0.4, 0.5) is 0 Å². The summed E-state index contributed by atoms with van der Waals surface area (Å²) in [7, 11) is 0. The van der Waals surface area contributed by atoms with Crippen LogP contribution in [0.1, 0.15) is 5.69 Å². The normalized spacial score (nSPS) is 12.1. The molecule has 5 heterocycles. The fourth-order valence-electron chi connectivity index (χ4n) is 10.2. The molecule has 348 valence electrons. The van der Waals surface area contributed by atoms with E-state index in [0.29, 0.717) is 50.9 Å². The third-order valence-corrected chi connectivity index (χ3v) is 14.3. The van der Waals surface area contributed by atoms with E-state index >= 15 is 0 Å². The Kier molecular flexibility index (Phi) is 9.08. The molecule has 0 bridgehead atoms. The Morgan fingerprint density at radius 2 is 1.00 bits per heavy atom. The lowest BCUT2D eigenvalue weighted by Crippen LogP contribution is -2.02. The summed E-state index contributed by atoms with van der Waals surface area (Å²) in [6.45, 7) is 3.94. The molecule has 0 saturated carbocycles. The molecule has 0 fully saturated rings. The Bertz CT molecular complexity index is 4450. The number of hydrogen-bond acceptors (Lipinski definition) is 13. The van der Waals surface area contributed by atoms with Crippen molar-refractivity contribution in [2.45, 2.75) is 0 Å². The van der Waals surface area contributed by atoms with Crippen LogP contribution in [0.3, 0.4) is 0 Å². The van der Waals surface area contributed by atoms with E-state index in [4.69, 9.17) is 19.4 Å². The van der Waals surface area contributed by atoms with Crippen LogP contribution >= 0.6 is 11.3 Å². The zero-order valence-corrected chi connectivity index (χ0v) is 38.1. The van der Waals surface area contributed by atoms with Gasteiger partial charge in [-0.2, -0.15) is 0 Å². The SMILES string of the molecule is C=C/C=C\c1c(-n2c3c(O)c(O)c(O)c(O)c3c3c(O)c(O)c(O)c(O)c32)c2ccccc2n1-c1cccc2sc3cccc(-c4nc(-c5ccccc5)nc(-c5cccc6oc7ccccc7c56)n4)c3c12. The zero-order valence-electron chi connectivity index (χ0n) is 37.3. The van der Waals surface area contributed by atoms with Crippen LogP contribution in [-0.4, -0.2) is 64.9 Å². The van der Waals surface area contributed by atoms with Gasteiger partial charge in [0.05, 0.1) is 33.4 Å². The average Bonchev–Trinajstić information content (AvgIpc) is 4.18. The van der Waals surface area contributed by atoms with Crippen molar-refractivity contribution in [2.24, 2.45) is 0 Å². The van der Waals surface area contributed by atoms with E-state index in [1.807, 2.05) is 126 Å². The number of phenolic OH excluding ortho intramolecular Hbond substituents is 8. The quantitative estimate of drug-likeness (QED) is 0.0424. The number of fused-ring (bicyclic) bond motifs is 10. The van der Waals surface area contributed by atoms with Gasteiger partial charge in [0.1, 0.15) is 22.2 Å². The van der Waals surface area contributed by atoms with Crippen molar-refractivity contribution in [1.29, 1.82) is 0 Å². The number of allylic oxidation sites excluding steroid dienone is 2. The molecule has 13 rings (SSSR count). The van der Waals surface area contributed by atoms with Gasteiger partial charge in [0.2, 0.25) is 23.0 Å². The Hall–Kier alpha value is -9.99. The van der Waals surface area contributed by atoms with Crippen LogP contribution < -0.4 is 0 Å². The van der Waals surface area contributed by atoms with E-state index in [1.165, 1.54) is 4.57 Å². The number of para-hydroxylation sites is 2. The standard InChI is InChI=1S/C57H35N5O9S/c1-2-3-20-34-44(62-45-42(47(63)51(67)53(69)49(45)65)43-46(62)50(66)54(70)52(68)48(43)64)28-16-7-9-21-32(28)61(34)33-22-13-26-38-41(33)40-31(19-12-25-37(40)72-38)57-59-55(27-14-5-4-6-15-27)58-56(60-57)30-18-11-24-36-39(30)29-17-8-10-23-35(29)71-36/h2-26,63-70H,1H2/b20-3-. The Morgan fingerprint density at radius 3 is 1.68 bits per heavy atom. The molecule has 0 spiro atoms. The minimum atomic E-state index is -1.13. The third-order valence-electron chi connectivity index (χ3n) is 13.2. The maximum Gasteiger partial charge on any atom is 0.206 e. The summed E-state index contributed by atoms with van der Waals surface area (Å²) >= 11 is 1.57. The Balaban J connectivity index is 1.15. The van der Waals surface area contributed by atoms with Crippen LogP contribution in [0.5, 0.6) is 46.0 Å². The van der Waals surface area contributed by atoms with Crippen LogP contribution in [0, 0.1) is 0 Å². The second-order valence-corrected chi connectivity index (χ2v) is 18.2. The van der Waals surface area contributed by atoms with Gasteiger partial charge in [-0.25, -0.2) is 15.0 Å². The van der Waals surface area contributed by atoms with Gasteiger partial charge in [-0.3, -0.25) is 4.57 Å². The van der Waals surface area contributed by atoms with Gasteiger partial charge < -0.3 is 49.8 Å². The number of aromatic nitrogens is 5. The average molecular weight is 966 g/mol. The van der Waals surface area contributed by atoms with Crippen molar-refractivity contribution in [3.63, 3.8) is 0 Å². The minimum absolute atomic E-state index is 0.218. The summed E-state index contributed by atoms with van der Waals surface area (Å²) < 4.78 is 11.4. The molecule has 13 aromatic rings. The van der Waals surface area contributed by atoms with E-state index < -0.39 is 56.8 Å². The minimum Gasteiger partial charge on any atom is -0.504 e. The summed E-state index contributed by atoms with van der Waals surface area (Å²) in [6, 6.07) is 42.6. The number of furan rings is 1. The van der Waals surface area contributed by atoms with Crippen LogP contribution in [0.25, 0.3) is 126 Å². The molecule has 5 aromatic heterocycles. The van der Waals surface area contributed by atoms with Crippen LogP contribution in [0.2, 0.25) is 0 Å². The third kappa shape index (κ3) is 5.79. The smallest absolute Gasteiger partial charge is 0.206 e. The fraction of sp³-hybridized carbons (Fsp3) is 0. The first-order chi connectivity index (χ1) is 35.0. The largest absolute Gasteiger partial charge is 0.504 e. The number of rotatable bonds is 7. The predicted molar refractivity (Wildman–Crippen MR) is 280 cm³/mol. The van der Waals surface area contributed by atoms with E-state index in [-0.39, 0.29) is 16.7 Å². The van der Waals surface area contributed by atoms with Gasteiger partial charge in [-0.05, 0) is 42.5 Å². The lowest BCUT2D eigenvalue weighted by atomic mass is 10.0. The number of hydrogen-bond donors (Lipinski definition) is 8.